The number of hydrogen-bond donors (Lipinski definition) is 1. The van der Waals surface area contributed by atoms with E-state index >= 15 is 0 Å². The van der Waals surface area contributed by atoms with Crippen LogP contribution in [-0.2, 0) is 0 Å². The Hall–Kier alpha value is -1.27. The molecule has 1 rings (SSSR count). The second-order valence-electron chi connectivity index (χ2n) is 1.90. The Morgan fingerprint density at radius 3 is 3.18 bits per heavy atom. The monoisotopic (exact) mass is 165 g/mol. The molecule has 0 bridgehead atoms. The number of carbonyl (C=O) groups excluding carboxylic acids is 1. The van der Waals surface area contributed by atoms with Gasteiger partial charge in [0.2, 0.25) is 0 Å². The molecular formula is C8H7NOS. The van der Waals surface area contributed by atoms with Crippen LogP contribution in [0.15, 0.2) is 16.8 Å². The molecule has 0 aromatic carbocycles. The van der Waals surface area contributed by atoms with Crippen molar-refractivity contribution in [2.45, 2.75) is 0 Å². The van der Waals surface area contributed by atoms with Crippen molar-refractivity contribution in [3.05, 3.63) is 22.4 Å². The van der Waals surface area contributed by atoms with Crippen LogP contribution in [0, 0.1) is 12.3 Å². The summed E-state index contributed by atoms with van der Waals surface area (Å²) in [4.78, 5) is 11.1. The minimum atomic E-state index is -0.107. The summed E-state index contributed by atoms with van der Waals surface area (Å²) in [5.74, 6) is 2.22. The fraction of sp³-hybridized carbons (Fsp3) is 0.125. The predicted molar refractivity (Wildman–Crippen MR) is 45.5 cm³/mol. The van der Waals surface area contributed by atoms with Crippen LogP contribution >= 0.6 is 11.3 Å². The molecular weight excluding hydrogens is 158 g/mol. The molecule has 0 saturated carbocycles. The highest BCUT2D eigenvalue weighted by atomic mass is 32.1. The van der Waals surface area contributed by atoms with Crippen molar-refractivity contribution in [2.75, 3.05) is 6.54 Å². The number of thiophene rings is 1. The van der Waals surface area contributed by atoms with Gasteiger partial charge in [-0.3, -0.25) is 4.79 Å². The molecule has 1 aromatic heterocycles. The molecule has 11 heavy (non-hydrogen) atoms. The van der Waals surface area contributed by atoms with Crippen LogP contribution < -0.4 is 5.32 Å². The van der Waals surface area contributed by atoms with E-state index in [1.54, 1.807) is 11.4 Å². The summed E-state index contributed by atoms with van der Waals surface area (Å²) in [6, 6.07) is 1.76. The Kier molecular flexibility index (Phi) is 2.70. The molecule has 0 radical (unpaired) electrons. The quantitative estimate of drug-likeness (QED) is 0.653. The first kappa shape index (κ1) is 7.83. The summed E-state index contributed by atoms with van der Waals surface area (Å²) in [7, 11) is 0. The highest BCUT2D eigenvalue weighted by Gasteiger charge is 2.02. The van der Waals surface area contributed by atoms with E-state index in [1.807, 2.05) is 5.38 Å². The van der Waals surface area contributed by atoms with Gasteiger partial charge in [-0.2, -0.15) is 11.3 Å². The van der Waals surface area contributed by atoms with Gasteiger partial charge in [-0.1, -0.05) is 5.92 Å². The Labute approximate surface area is 69.2 Å². The topological polar surface area (TPSA) is 29.1 Å². The maximum absolute atomic E-state index is 11.1. The molecule has 1 heterocycles. The molecule has 0 spiro atoms. The molecule has 3 heteroatoms. The third-order valence-electron chi connectivity index (χ3n) is 1.13. The van der Waals surface area contributed by atoms with Crippen LogP contribution in [0.1, 0.15) is 10.4 Å². The minimum absolute atomic E-state index is 0.107. The van der Waals surface area contributed by atoms with E-state index in [0.717, 1.165) is 0 Å². The van der Waals surface area contributed by atoms with Gasteiger partial charge in [0.15, 0.2) is 0 Å². The average molecular weight is 165 g/mol. The Morgan fingerprint density at radius 1 is 1.82 bits per heavy atom. The average Bonchev–Trinajstić information content (AvgIpc) is 2.52. The molecule has 1 amide bonds. The third-order valence-corrected chi connectivity index (χ3v) is 1.82. The number of amides is 1. The minimum Gasteiger partial charge on any atom is -0.341 e. The number of terminal acetylenes is 1. The smallest absolute Gasteiger partial charge is 0.252 e. The Balaban J connectivity index is 2.51. The van der Waals surface area contributed by atoms with E-state index in [4.69, 9.17) is 6.42 Å². The van der Waals surface area contributed by atoms with Crippen molar-refractivity contribution in [2.24, 2.45) is 0 Å². The van der Waals surface area contributed by atoms with Crippen molar-refractivity contribution in [1.82, 2.24) is 5.32 Å². The number of hydrogen-bond acceptors (Lipinski definition) is 2. The normalized spacial score (nSPS) is 8.64. The molecule has 0 saturated heterocycles. The Bertz CT molecular complexity index is 271. The molecule has 0 atom stereocenters. The van der Waals surface area contributed by atoms with Gasteiger partial charge in [-0.15, -0.1) is 6.42 Å². The molecule has 0 aliphatic heterocycles. The Morgan fingerprint density at radius 2 is 2.64 bits per heavy atom. The first-order chi connectivity index (χ1) is 5.34. The van der Waals surface area contributed by atoms with Crippen molar-refractivity contribution in [1.29, 1.82) is 0 Å². The maximum atomic E-state index is 11.1. The molecule has 2 nitrogen and oxygen atoms in total. The number of rotatable bonds is 2. The standard InChI is InChI=1S/C8H7NOS/c1-2-4-9-8(10)7-3-5-11-6-7/h1,3,5-6H,4H2,(H,9,10). The highest BCUT2D eigenvalue weighted by Crippen LogP contribution is 2.04. The molecule has 1 N–H and O–H groups in total. The first-order valence-electron chi connectivity index (χ1n) is 3.08. The molecule has 0 aliphatic rings. The fourth-order valence-electron chi connectivity index (χ4n) is 0.627. The summed E-state index contributed by atoms with van der Waals surface area (Å²) < 4.78 is 0. The first-order valence-corrected chi connectivity index (χ1v) is 4.02. The summed E-state index contributed by atoms with van der Waals surface area (Å²) >= 11 is 1.49. The molecule has 0 fully saturated rings. The van der Waals surface area contributed by atoms with Gasteiger partial charge in [0, 0.05) is 5.38 Å². The largest absolute Gasteiger partial charge is 0.341 e. The van der Waals surface area contributed by atoms with Crippen LogP contribution in [-0.4, -0.2) is 12.5 Å². The van der Waals surface area contributed by atoms with Crippen molar-refractivity contribution < 1.29 is 4.79 Å². The lowest BCUT2D eigenvalue weighted by atomic mass is 10.3. The summed E-state index contributed by atoms with van der Waals surface area (Å²) in [5.41, 5.74) is 0.672. The third kappa shape index (κ3) is 2.10. The van der Waals surface area contributed by atoms with Gasteiger partial charge < -0.3 is 5.32 Å². The highest BCUT2D eigenvalue weighted by molar-refractivity contribution is 7.08. The lowest BCUT2D eigenvalue weighted by Crippen LogP contribution is -2.22. The molecule has 1 aromatic rings. The van der Waals surface area contributed by atoms with Gasteiger partial charge >= 0.3 is 0 Å². The molecule has 0 unspecified atom stereocenters. The SMILES string of the molecule is C#CCNC(=O)c1ccsc1. The van der Waals surface area contributed by atoms with Crippen LogP contribution in [0.5, 0.6) is 0 Å². The van der Waals surface area contributed by atoms with Gasteiger partial charge in [0.1, 0.15) is 0 Å². The summed E-state index contributed by atoms with van der Waals surface area (Å²) in [6.07, 6.45) is 4.97. The fourth-order valence-corrected chi connectivity index (χ4v) is 1.26. The summed E-state index contributed by atoms with van der Waals surface area (Å²) in [6.45, 7) is 0.286. The molecule has 0 aliphatic carbocycles. The van der Waals surface area contributed by atoms with Gasteiger partial charge in [-0.25, -0.2) is 0 Å². The van der Waals surface area contributed by atoms with E-state index < -0.39 is 0 Å². The van der Waals surface area contributed by atoms with Crippen LogP contribution in [0.2, 0.25) is 0 Å². The van der Waals surface area contributed by atoms with E-state index in [1.165, 1.54) is 11.3 Å². The maximum Gasteiger partial charge on any atom is 0.252 e. The second-order valence-corrected chi connectivity index (χ2v) is 2.68. The zero-order valence-electron chi connectivity index (χ0n) is 5.83. The van der Waals surface area contributed by atoms with Crippen molar-refractivity contribution >= 4 is 17.2 Å². The lowest BCUT2D eigenvalue weighted by Gasteiger charge is -1.95. The second kappa shape index (κ2) is 3.79. The zero-order chi connectivity index (χ0) is 8.10. The van der Waals surface area contributed by atoms with Gasteiger partial charge in [-0.05, 0) is 11.4 Å². The summed E-state index contributed by atoms with van der Waals surface area (Å²) in [5, 5.41) is 6.20. The number of nitrogens with one attached hydrogen (secondary N) is 1. The van der Waals surface area contributed by atoms with Crippen LogP contribution in [0.25, 0.3) is 0 Å². The van der Waals surface area contributed by atoms with Crippen molar-refractivity contribution in [3.8, 4) is 12.3 Å². The van der Waals surface area contributed by atoms with Gasteiger partial charge in [0.05, 0.1) is 12.1 Å². The van der Waals surface area contributed by atoms with E-state index in [0.29, 0.717) is 5.56 Å². The predicted octanol–water partition coefficient (Wildman–Crippen LogP) is 1.11. The van der Waals surface area contributed by atoms with Crippen LogP contribution in [0.3, 0.4) is 0 Å². The van der Waals surface area contributed by atoms with Gasteiger partial charge in [0.25, 0.3) is 5.91 Å². The van der Waals surface area contributed by atoms with Crippen molar-refractivity contribution in [3.63, 3.8) is 0 Å². The van der Waals surface area contributed by atoms with Crippen LogP contribution in [0.4, 0.5) is 0 Å². The number of carbonyl (C=O) groups is 1. The lowest BCUT2D eigenvalue weighted by molar-refractivity contribution is 0.0959. The molecule has 56 valence electrons. The van der Waals surface area contributed by atoms with E-state index in [9.17, 15) is 4.79 Å². The van der Waals surface area contributed by atoms with E-state index in [-0.39, 0.29) is 12.5 Å². The van der Waals surface area contributed by atoms with E-state index in [2.05, 4.69) is 11.2 Å². The zero-order valence-corrected chi connectivity index (χ0v) is 6.65.